The number of hydrogen-bond acceptors (Lipinski definition) is 5. The number of nitrogens with two attached hydrogens (primary N) is 1. The molecule has 0 saturated carbocycles. The summed E-state index contributed by atoms with van der Waals surface area (Å²) >= 11 is 0. The fourth-order valence-electron chi connectivity index (χ4n) is 2.48. The highest BCUT2D eigenvalue weighted by molar-refractivity contribution is 5.94. The van der Waals surface area contributed by atoms with E-state index >= 15 is 0 Å². The molecule has 1 aromatic heterocycles. The number of hydrogen-bond donors (Lipinski definition) is 3. The summed E-state index contributed by atoms with van der Waals surface area (Å²) in [7, 11) is 1.46. The van der Waals surface area contributed by atoms with Crippen LogP contribution in [0.5, 0.6) is 0 Å². The van der Waals surface area contributed by atoms with E-state index < -0.39 is 5.79 Å². The molecular formula is C23H28N2O5. The molecule has 0 radical (unpaired) electrons. The standard InChI is InChI=1S/C19H18N2O3.C4H10O2/c20-18(22)6-3-11-21-19(23)14-9-7-13(8-10-14)17-12-15-4-1-2-5-16(15)24-17;1-4(2,5)6-3/h1-2,4-5,7-10,12H,3,6,11H2,(H2,20,22)(H,21,23);5H,1-3H3. The lowest BCUT2D eigenvalue weighted by Gasteiger charge is -2.12. The number of furan rings is 1. The Morgan fingerprint density at radius 1 is 1.13 bits per heavy atom. The average Bonchev–Trinajstić information content (AvgIpc) is 3.15. The molecule has 160 valence electrons. The van der Waals surface area contributed by atoms with Gasteiger partial charge in [-0.2, -0.15) is 0 Å². The van der Waals surface area contributed by atoms with Crippen molar-refractivity contribution in [2.75, 3.05) is 13.7 Å². The molecule has 0 aliphatic rings. The highest BCUT2D eigenvalue weighted by atomic mass is 16.6. The average molecular weight is 412 g/mol. The number of rotatable bonds is 7. The molecule has 0 bridgehead atoms. The van der Waals surface area contributed by atoms with Gasteiger partial charge < -0.3 is 25.3 Å². The molecule has 2 aromatic carbocycles. The van der Waals surface area contributed by atoms with Crippen LogP contribution < -0.4 is 11.1 Å². The minimum atomic E-state index is -0.958. The fraction of sp³-hybridized carbons (Fsp3) is 0.304. The zero-order chi connectivity index (χ0) is 22.1. The van der Waals surface area contributed by atoms with Crippen molar-refractivity contribution < 1.29 is 23.8 Å². The third-order valence-electron chi connectivity index (χ3n) is 4.24. The normalized spacial score (nSPS) is 10.9. The van der Waals surface area contributed by atoms with Gasteiger partial charge in [0.05, 0.1) is 0 Å². The van der Waals surface area contributed by atoms with Gasteiger partial charge in [-0.1, -0.05) is 30.3 Å². The number of carbonyl (C=O) groups is 2. The minimum Gasteiger partial charge on any atom is -0.456 e. The molecule has 1 heterocycles. The zero-order valence-electron chi connectivity index (χ0n) is 17.5. The summed E-state index contributed by atoms with van der Waals surface area (Å²) in [6, 6.07) is 17.0. The van der Waals surface area contributed by atoms with Gasteiger partial charge in [-0.3, -0.25) is 9.59 Å². The van der Waals surface area contributed by atoms with E-state index in [1.165, 1.54) is 7.11 Å². The largest absolute Gasteiger partial charge is 0.456 e. The van der Waals surface area contributed by atoms with Gasteiger partial charge in [0, 0.05) is 36.6 Å². The van der Waals surface area contributed by atoms with Crippen molar-refractivity contribution in [2.45, 2.75) is 32.5 Å². The third-order valence-corrected chi connectivity index (χ3v) is 4.24. The second kappa shape index (κ2) is 10.6. The molecule has 0 unspecified atom stereocenters. The molecule has 30 heavy (non-hydrogen) atoms. The van der Waals surface area contributed by atoms with Crippen molar-refractivity contribution in [3.05, 3.63) is 60.2 Å². The molecule has 3 rings (SSSR count). The van der Waals surface area contributed by atoms with Gasteiger partial charge in [0.25, 0.3) is 5.91 Å². The smallest absolute Gasteiger partial charge is 0.251 e. The lowest BCUT2D eigenvalue weighted by atomic mass is 10.1. The summed E-state index contributed by atoms with van der Waals surface area (Å²) < 4.78 is 10.3. The molecule has 0 atom stereocenters. The van der Waals surface area contributed by atoms with Crippen LogP contribution in [-0.4, -0.2) is 36.4 Å². The Kier molecular flexibility index (Phi) is 8.15. The van der Waals surface area contributed by atoms with Crippen LogP contribution in [0.15, 0.2) is 59.0 Å². The maximum Gasteiger partial charge on any atom is 0.251 e. The molecule has 4 N–H and O–H groups in total. The maximum absolute atomic E-state index is 12.0. The van der Waals surface area contributed by atoms with Crippen LogP contribution >= 0.6 is 0 Å². The summed E-state index contributed by atoms with van der Waals surface area (Å²) in [5.41, 5.74) is 7.37. The van der Waals surface area contributed by atoms with E-state index in [0.717, 1.165) is 22.3 Å². The lowest BCUT2D eigenvalue weighted by Crippen LogP contribution is -2.25. The number of nitrogens with one attached hydrogen (secondary N) is 1. The molecule has 0 aliphatic heterocycles. The number of para-hydroxylation sites is 1. The topological polar surface area (TPSA) is 115 Å². The van der Waals surface area contributed by atoms with Crippen LogP contribution in [0.3, 0.4) is 0 Å². The number of amides is 2. The second-order valence-corrected chi connectivity index (χ2v) is 7.20. The molecule has 0 fully saturated rings. The Morgan fingerprint density at radius 3 is 2.33 bits per heavy atom. The predicted octanol–water partition coefficient (Wildman–Crippen LogP) is 3.46. The van der Waals surface area contributed by atoms with Crippen LogP contribution in [0.25, 0.3) is 22.3 Å². The number of aliphatic hydroxyl groups is 1. The SMILES string of the molecule is COC(C)(C)O.NC(=O)CCCNC(=O)c1ccc(-c2cc3ccccc3o2)cc1. The van der Waals surface area contributed by atoms with Crippen molar-refractivity contribution in [1.29, 1.82) is 0 Å². The molecule has 0 saturated heterocycles. The van der Waals surface area contributed by atoms with E-state index in [-0.39, 0.29) is 18.2 Å². The molecular weight excluding hydrogens is 384 g/mol. The first-order valence-corrected chi connectivity index (χ1v) is 9.62. The lowest BCUT2D eigenvalue weighted by molar-refractivity contribution is -0.155. The number of benzene rings is 2. The summed E-state index contributed by atoms with van der Waals surface area (Å²) in [4.78, 5) is 22.7. The Hall–Kier alpha value is -3.16. The molecule has 2 amide bonds. The van der Waals surface area contributed by atoms with Gasteiger partial charge in [-0.05, 0) is 44.5 Å². The molecule has 0 spiro atoms. The molecule has 7 nitrogen and oxygen atoms in total. The van der Waals surface area contributed by atoms with Crippen LogP contribution in [0, 0.1) is 0 Å². The van der Waals surface area contributed by atoms with Crippen molar-refractivity contribution in [1.82, 2.24) is 5.32 Å². The Bertz CT molecular complexity index is 938. The number of carbonyl (C=O) groups excluding carboxylic acids is 2. The van der Waals surface area contributed by atoms with Crippen molar-refractivity contribution in [3.8, 4) is 11.3 Å². The van der Waals surface area contributed by atoms with Crippen LogP contribution in [-0.2, 0) is 9.53 Å². The van der Waals surface area contributed by atoms with Gasteiger partial charge in [-0.25, -0.2) is 0 Å². The summed E-state index contributed by atoms with van der Waals surface area (Å²) in [6.45, 7) is 3.58. The highest BCUT2D eigenvalue weighted by Gasteiger charge is 2.09. The van der Waals surface area contributed by atoms with Crippen molar-refractivity contribution >= 4 is 22.8 Å². The van der Waals surface area contributed by atoms with Gasteiger partial charge in [0.15, 0.2) is 5.79 Å². The number of ether oxygens (including phenoxy) is 1. The maximum atomic E-state index is 12.0. The van der Waals surface area contributed by atoms with Crippen molar-refractivity contribution in [3.63, 3.8) is 0 Å². The van der Waals surface area contributed by atoms with Crippen LogP contribution in [0.1, 0.15) is 37.0 Å². The number of primary amides is 1. The number of fused-ring (bicyclic) bond motifs is 1. The molecule has 7 heteroatoms. The first-order valence-electron chi connectivity index (χ1n) is 9.62. The van der Waals surface area contributed by atoms with E-state index in [9.17, 15) is 9.59 Å². The number of methoxy groups -OCH3 is 1. The summed E-state index contributed by atoms with van der Waals surface area (Å²) in [5, 5.41) is 12.4. The van der Waals surface area contributed by atoms with E-state index in [0.29, 0.717) is 18.5 Å². The second-order valence-electron chi connectivity index (χ2n) is 7.20. The molecule has 3 aromatic rings. The minimum absolute atomic E-state index is 0.171. The van der Waals surface area contributed by atoms with E-state index in [1.807, 2.05) is 42.5 Å². The summed E-state index contributed by atoms with van der Waals surface area (Å²) in [5.74, 6) is -0.723. The quantitative estimate of drug-likeness (QED) is 0.406. The summed E-state index contributed by atoms with van der Waals surface area (Å²) in [6.07, 6.45) is 0.809. The Morgan fingerprint density at radius 2 is 1.77 bits per heavy atom. The van der Waals surface area contributed by atoms with Crippen LogP contribution in [0.2, 0.25) is 0 Å². The van der Waals surface area contributed by atoms with Gasteiger partial charge >= 0.3 is 0 Å². The first kappa shape index (κ1) is 23.1. The van der Waals surface area contributed by atoms with Crippen LogP contribution in [0.4, 0.5) is 0 Å². The Balaban J connectivity index is 0.000000469. The zero-order valence-corrected chi connectivity index (χ0v) is 17.5. The molecule has 0 aliphatic carbocycles. The van der Waals surface area contributed by atoms with Gasteiger partial charge in [0.1, 0.15) is 11.3 Å². The first-order chi connectivity index (χ1) is 14.2. The third kappa shape index (κ3) is 7.35. The highest BCUT2D eigenvalue weighted by Crippen LogP contribution is 2.27. The fourth-order valence-corrected chi connectivity index (χ4v) is 2.48. The monoisotopic (exact) mass is 412 g/mol. The van der Waals surface area contributed by atoms with Crippen molar-refractivity contribution in [2.24, 2.45) is 5.73 Å². The van der Waals surface area contributed by atoms with Gasteiger partial charge in [0.2, 0.25) is 5.91 Å². The van der Waals surface area contributed by atoms with Gasteiger partial charge in [-0.15, -0.1) is 0 Å². The van der Waals surface area contributed by atoms with E-state index in [2.05, 4.69) is 10.1 Å². The van der Waals surface area contributed by atoms with E-state index in [4.69, 9.17) is 15.3 Å². The predicted molar refractivity (Wildman–Crippen MR) is 116 cm³/mol. The Labute approximate surface area is 175 Å². The van der Waals surface area contributed by atoms with E-state index in [1.54, 1.807) is 26.0 Å².